The van der Waals surface area contributed by atoms with Crippen LogP contribution in [0, 0.1) is 5.92 Å². The van der Waals surface area contributed by atoms with Gasteiger partial charge in [0.2, 0.25) is 0 Å². The number of hydrogen-bond donors (Lipinski definition) is 3. The van der Waals surface area contributed by atoms with E-state index in [1.807, 2.05) is 13.3 Å². The van der Waals surface area contributed by atoms with Crippen molar-refractivity contribution in [2.24, 2.45) is 10.9 Å². The Hall–Kier alpha value is -1.15. The minimum Gasteiger partial charge on any atom is -0.372 e. The van der Waals surface area contributed by atoms with Crippen LogP contribution < -0.4 is 5.32 Å². The number of aliphatic imine (C=N–C) groups is 1. The number of aromatic nitrogens is 2. The molecule has 1 aliphatic heterocycles. The number of aliphatic hydroxyl groups is 1. The summed E-state index contributed by atoms with van der Waals surface area (Å²) >= 11 is 1.52. The van der Waals surface area contributed by atoms with Crippen molar-refractivity contribution in [2.45, 2.75) is 32.0 Å². The molecule has 6 nitrogen and oxygen atoms in total. The molecule has 0 bridgehead atoms. The van der Waals surface area contributed by atoms with Crippen LogP contribution in [-0.2, 0) is 0 Å². The van der Waals surface area contributed by atoms with E-state index in [4.69, 9.17) is 0 Å². The van der Waals surface area contributed by atoms with Gasteiger partial charge in [-0.05, 0) is 32.1 Å². The first-order valence-corrected chi connectivity index (χ1v) is 9.20. The number of aliphatic hydroxyl groups excluding tert-OH is 1. The van der Waals surface area contributed by atoms with E-state index < -0.39 is 6.23 Å². The molecule has 1 fully saturated rings. The predicted molar refractivity (Wildman–Crippen MR) is 96.6 cm³/mol. The van der Waals surface area contributed by atoms with E-state index in [0.717, 1.165) is 30.1 Å². The molecule has 0 aromatic carbocycles. The van der Waals surface area contributed by atoms with Gasteiger partial charge >= 0.3 is 0 Å². The largest absolute Gasteiger partial charge is 0.372 e. The lowest BCUT2D eigenvalue weighted by Gasteiger charge is -2.42. The number of piperidine rings is 1. The third-order valence-electron chi connectivity index (χ3n) is 4.37. The van der Waals surface area contributed by atoms with Gasteiger partial charge in [0.25, 0.3) is 0 Å². The molecule has 3 N–H and O–H groups in total. The second-order valence-electron chi connectivity index (χ2n) is 5.96. The number of nitrogens with zero attached hydrogens (tertiary/aromatic N) is 3. The summed E-state index contributed by atoms with van der Waals surface area (Å²) < 4.78 is 0. The lowest BCUT2D eigenvalue weighted by Crippen LogP contribution is -2.53. The Morgan fingerprint density at radius 1 is 1.70 bits per heavy atom. The molecule has 1 aliphatic rings. The third-order valence-corrected chi connectivity index (χ3v) is 5.08. The van der Waals surface area contributed by atoms with Crippen molar-refractivity contribution in [2.75, 3.05) is 26.4 Å². The van der Waals surface area contributed by atoms with Crippen LogP contribution in [0.25, 0.3) is 0 Å². The highest BCUT2D eigenvalue weighted by atomic mass is 32.2. The summed E-state index contributed by atoms with van der Waals surface area (Å²) in [6.45, 7) is 7.97. The van der Waals surface area contributed by atoms with Crippen molar-refractivity contribution in [3.8, 4) is 0 Å². The lowest BCUT2D eigenvalue weighted by molar-refractivity contribution is -0.0341. The molecule has 2 heterocycles. The maximum atomic E-state index is 10.8. The third kappa shape index (κ3) is 4.44. The Bertz CT molecular complexity index is 531. The van der Waals surface area contributed by atoms with Crippen molar-refractivity contribution < 1.29 is 5.11 Å². The summed E-state index contributed by atoms with van der Waals surface area (Å²) in [7, 11) is 1.95. The van der Waals surface area contributed by atoms with Gasteiger partial charge in [-0.15, -0.1) is 11.8 Å². The fourth-order valence-corrected chi connectivity index (χ4v) is 3.64. The summed E-state index contributed by atoms with van der Waals surface area (Å²) in [5, 5.41) is 21.5. The number of thioether (sulfide) groups is 1. The van der Waals surface area contributed by atoms with Crippen LogP contribution in [0.1, 0.15) is 25.3 Å². The first-order valence-electron chi connectivity index (χ1n) is 7.97. The van der Waals surface area contributed by atoms with Gasteiger partial charge < -0.3 is 10.4 Å². The van der Waals surface area contributed by atoms with E-state index in [9.17, 15) is 5.11 Å². The SMILES string of the molecule is C=C(N=C(SC)c1cn[nH]c1)C(O)N1CCCC(C)C1CNC. The molecule has 1 aromatic heterocycles. The maximum Gasteiger partial charge on any atom is 0.150 e. The summed E-state index contributed by atoms with van der Waals surface area (Å²) in [6, 6.07) is 0.294. The predicted octanol–water partition coefficient (Wildman–Crippen LogP) is 1.67. The Morgan fingerprint density at radius 3 is 3.09 bits per heavy atom. The Balaban J connectivity index is 2.14. The first kappa shape index (κ1) is 18.2. The van der Waals surface area contributed by atoms with E-state index in [2.05, 4.69) is 38.9 Å². The number of likely N-dealkylation sites (N-methyl/N-ethyl adjacent to an activating group) is 1. The number of likely N-dealkylation sites (tertiary alicyclic amines) is 1. The van der Waals surface area contributed by atoms with Crippen LogP contribution in [0.5, 0.6) is 0 Å². The second kappa shape index (κ2) is 8.63. The number of hydrogen-bond acceptors (Lipinski definition) is 6. The number of rotatable bonds is 6. The molecule has 1 saturated heterocycles. The lowest BCUT2D eigenvalue weighted by atomic mass is 9.90. The minimum absolute atomic E-state index is 0.294. The molecule has 1 aromatic rings. The van der Waals surface area contributed by atoms with Gasteiger partial charge in [0.15, 0.2) is 0 Å². The van der Waals surface area contributed by atoms with E-state index >= 15 is 0 Å². The van der Waals surface area contributed by atoms with E-state index in [-0.39, 0.29) is 0 Å². The second-order valence-corrected chi connectivity index (χ2v) is 6.75. The van der Waals surface area contributed by atoms with Crippen LogP contribution in [0.2, 0.25) is 0 Å². The Kier molecular flexibility index (Phi) is 6.83. The molecule has 2 rings (SSSR count). The van der Waals surface area contributed by atoms with Gasteiger partial charge in [-0.1, -0.05) is 13.5 Å². The highest BCUT2D eigenvalue weighted by molar-refractivity contribution is 8.13. The number of aromatic amines is 1. The zero-order chi connectivity index (χ0) is 16.8. The van der Waals surface area contributed by atoms with Crippen molar-refractivity contribution in [1.29, 1.82) is 0 Å². The molecule has 23 heavy (non-hydrogen) atoms. The van der Waals surface area contributed by atoms with Crippen molar-refractivity contribution in [3.63, 3.8) is 0 Å². The molecule has 0 radical (unpaired) electrons. The van der Waals surface area contributed by atoms with Gasteiger partial charge in [-0.2, -0.15) is 5.10 Å². The molecule has 0 spiro atoms. The van der Waals surface area contributed by atoms with Gasteiger partial charge in [-0.25, -0.2) is 4.99 Å². The Labute approximate surface area is 142 Å². The van der Waals surface area contributed by atoms with Crippen molar-refractivity contribution in [1.82, 2.24) is 20.4 Å². The molecular formula is C16H27N5OS. The van der Waals surface area contributed by atoms with Gasteiger partial charge in [0.05, 0.1) is 11.9 Å². The number of H-pyrrole nitrogens is 1. The van der Waals surface area contributed by atoms with Crippen LogP contribution in [0.3, 0.4) is 0 Å². The van der Waals surface area contributed by atoms with Crippen LogP contribution in [0.15, 0.2) is 29.7 Å². The highest BCUT2D eigenvalue weighted by Crippen LogP contribution is 2.26. The summed E-state index contributed by atoms with van der Waals surface area (Å²) in [6.07, 6.45) is 7.00. The molecule has 0 aliphatic carbocycles. The van der Waals surface area contributed by atoms with E-state index in [1.54, 1.807) is 12.4 Å². The molecule has 0 saturated carbocycles. The maximum absolute atomic E-state index is 10.8. The fraction of sp³-hybridized carbons (Fsp3) is 0.625. The van der Waals surface area contributed by atoms with Gasteiger partial charge in [0, 0.05) is 30.9 Å². The average Bonchev–Trinajstić information content (AvgIpc) is 3.08. The minimum atomic E-state index is -0.759. The van der Waals surface area contributed by atoms with Gasteiger partial charge in [0.1, 0.15) is 11.3 Å². The van der Waals surface area contributed by atoms with E-state index in [1.165, 1.54) is 18.2 Å². The standard InChI is InChI=1S/C16H27N5OS/c1-11-6-5-7-21(14(11)10-17-3)16(22)12(2)20-15(23-4)13-8-18-19-9-13/h8-9,11,14,16-17,22H,2,5-7,10H2,1,3-4H3,(H,18,19). The summed E-state index contributed by atoms with van der Waals surface area (Å²) in [5.74, 6) is 0.538. The zero-order valence-corrected chi connectivity index (χ0v) is 14.9. The number of nitrogens with one attached hydrogen (secondary N) is 2. The fourth-order valence-electron chi connectivity index (χ4n) is 3.09. The molecule has 3 unspecified atom stereocenters. The molecular weight excluding hydrogens is 310 g/mol. The molecule has 7 heteroatoms. The molecule has 0 amide bonds. The van der Waals surface area contributed by atoms with Crippen LogP contribution in [0.4, 0.5) is 0 Å². The average molecular weight is 337 g/mol. The summed E-state index contributed by atoms with van der Waals surface area (Å²) in [4.78, 5) is 6.66. The normalized spacial score (nSPS) is 24.6. The first-order chi connectivity index (χ1) is 11.1. The van der Waals surface area contributed by atoms with Crippen molar-refractivity contribution >= 4 is 16.8 Å². The quantitative estimate of drug-likeness (QED) is 0.544. The Morgan fingerprint density at radius 2 is 2.48 bits per heavy atom. The summed E-state index contributed by atoms with van der Waals surface area (Å²) in [5.41, 5.74) is 1.38. The van der Waals surface area contributed by atoms with Gasteiger partial charge in [-0.3, -0.25) is 10.00 Å². The van der Waals surface area contributed by atoms with E-state index in [0.29, 0.717) is 17.7 Å². The topological polar surface area (TPSA) is 76.5 Å². The van der Waals surface area contributed by atoms with Crippen LogP contribution in [-0.4, -0.2) is 63.9 Å². The molecule has 128 valence electrons. The van der Waals surface area contributed by atoms with Crippen molar-refractivity contribution in [3.05, 3.63) is 30.2 Å². The monoisotopic (exact) mass is 337 g/mol. The molecule has 3 atom stereocenters. The zero-order valence-electron chi connectivity index (χ0n) is 14.1. The van der Waals surface area contributed by atoms with Crippen LogP contribution >= 0.6 is 11.8 Å². The smallest absolute Gasteiger partial charge is 0.150 e. The highest BCUT2D eigenvalue weighted by Gasteiger charge is 2.33.